The van der Waals surface area contributed by atoms with Crippen LogP contribution in [0.4, 0.5) is 10.1 Å². The van der Waals surface area contributed by atoms with Gasteiger partial charge < -0.3 is 11.1 Å². The summed E-state index contributed by atoms with van der Waals surface area (Å²) >= 11 is 0. The smallest absolute Gasteiger partial charge is 0.229 e. The fourth-order valence-corrected chi connectivity index (χ4v) is 2.12. The van der Waals surface area contributed by atoms with E-state index in [1.54, 1.807) is 26.0 Å². The maximum atomic E-state index is 13.5. The molecule has 110 valence electrons. The Morgan fingerprint density at radius 3 is 2.48 bits per heavy atom. The number of hydrogen-bond acceptors (Lipinski definition) is 2. The number of amides is 1. The van der Waals surface area contributed by atoms with Crippen molar-refractivity contribution in [2.24, 2.45) is 11.7 Å². The number of nitrogens with one attached hydrogen (secondary N) is 1. The lowest BCUT2D eigenvalue weighted by atomic mass is 9.94. The van der Waals surface area contributed by atoms with Gasteiger partial charge in [0.25, 0.3) is 0 Å². The van der Waals surface area contributed by atoms with Gasteiger partial charge in [-0.05, 0) is 24.6 Å². The first-order chi connectivity index (χ1) is 10.0. The molecule has 0 saturated carbocycles. The molecule has 0 heterocycles. The summed E-state index contributed by atoms with van der Waals surface area (Å²) in [7, 11) is 0. The minimum atomic E-state index is -0.421. The van der Waals surface area contributed by atoms with Crippen molar-refractivity contribution in [3.05, 3.63) is 65.5 Å². The van der Waals surface area contributed by atoms with E-state index in [2.05, 4.69) is 5.32 Å². The molecule has 2 rings (SSSR count). The third-order valence-electron chi connectivity index (χ3n) is 3.66. The van der Waals surface area contributed by atoms with Gasteiger partial charge in [-0.15, -0.1) is 0 Å². The molecule has 0 fully saturated rings. The fraction of sp³-hybridized carbons (Fsp3) is 0.235. The van der Waals surface area contributed by atoms with E-state index in [4.69, 9.17) is 5.73 Å². The maximum Gasteiger partial charge on any atom is 0.229 e. The van der Waals surface area contributed by atoms with Gasteiger partial charge in [0, 0.05) is 17.3 Å². The Hall–Kier alpha value is -2.20. The van der Waals surface area contributed by atoms with Crippen LogP contribution in [0, 0.1) is 18.7 Å². The normalized spacial score (nSPS) is 13.5. The number of halogens is 1. The molecular weight excluding hydrogens is 267 g/mol. The van der Waals surface area contributed by atoms with Crippen molar-refractivity contribution in [3.8, 4) is 0 Å². The Morgan fingerprint density at radius 1 is 1.14 bits per heavy atom. The Bertz CT molecular complexity index is 628. The zero-order valence-corrected chi connectivity index (χ0v) is 12.1. The van der Waals surface area contributed by atoms with Gasteiger partial charge in [-0.2, -0.15) is 0 Å². The van der Waals surface area contributed by atoms with Crippen molar-refractivity contribution < 1.29 is 9.18 Å². The van der Waals surface area contributed by atoms with Gasteiger partial charge in [-0.3, -0.25) is 4.79 Å². The van der Waals surface area contributed by atoms with E-state index in [1.165, 1.54) is 6.07 Å². The van der Waals surface area contributed by atoms with E-state index in [-0.39, 0.29) is 11.7 Å². The molecule has 2 aromatic rings. The summed E-state index contributed by atoms with van der Waals surface area (Å²) in [5, 5.41) is 2.74. The zero-order chi connectivity index (χ0) is 15.4. The van der Waals surface area contributed by atoms with E-state index in [9.17, 15) is 9.18 Å². The zero-order valence-electron chi connectivity index (χ0n) is 12.1. The van der Waals surface area contributed by atoms with Crippen molar-refractivity contribution in [1.82, 2.24) is 0 Å². The molecule has 2 atom stereocenters. The highest BCUT2D eigenvalue weighted by Gasteiger charge is 2.22. The number of carbonyl (C=O) groups excluding carboxylic acids is 1. The van der Waals surface area contributed by atoms with Crippen molar-refractivity contribution in [3.63, 3.8) is 0 Å². The quantitative estimate of drug-likeness (QED) is 0.905. The highest BCUT2D eigenvalue weighted by Crippen LogP contribution is 2.22. The molecule has 1 amide bonds. The first-order valence-corrected chi connectivity index (χ1v) is 6.87. The van der Waals surface area contributed by atoms with Crippen LogP contribution in [0.25, 0.3) is 0 Å². The second kappa shape index (κ2) is 6.50. The molecule has 0 spiro atoms. The number of carbonyl (C=O) groups is 1. The summed E-state index contributed by atoms with van der Waals surface area (Å²) in [6.45, 7) is 3.40. The molecule has 0 aliphatic carbocycles. The highest BCUT2D eigenvalue weighted by molar-refractivity contribution is 5.93. The molecule has 0 aromatic heterocycles. The fourth-order valence-electron chi connectivity index (χ4n) is 2.12. The first-order valence-electron chi connectivity index (χ1n) is 6.87. The predicted molar refractivity (Wildman–Crippen MR) is 82.3 cm³/mol. The average Bonchev–Trinajstić information content (AvgIpc) is 2.51. The summed E-state index contributed by atoms with van der Waals surface area (Å²) in [5.74, 6) is -0.983. The van der Waals surface area contributed by atoms with Gasteiger partial charge in [0.2, 0.25) is 5.91 Å². The van der Waals surface area contributed by atoms with Crippen LogP contribution in [0.2, 0.25) is 0 Å². The van der Waals surface area contributed by atoms with E-state index in [0.717, 1.165) is 5.56 Å². The van der Waals surface area contributed by atoms with Gasteiger partial charge in [0.15, 0.2) is 0 Å². The van der Waals surface area contributed by atoms with Crippen LogP contribution in [-0.2, 0) is 4.79 Å². The van der Waals surface area contributed by atoms with Crippen LogP contribution in [0.1, 0.15) is 24.1 Å². The monoisotopic (exact) mass is 286 g/mol. The van der Waals surface area contributed by atoms with Crippen LogP contribution in [0.15, 0.2) is 48.5 Å². The number of benzene rings is 2. The van der Waals surface area contributed by atoms with Crippen molar-refractivity contribution in [2.75, 3.05) is 5.32 Å². The summed E-state index contributed by atoms with van der Waals surface area (Å²) < 4.78 is 13.5. The molecule has 21 heavy (non-hydrogen) atoms. The van der Waals surface area contributed by atoms with E-state index >= 15 is 0 Å². The Labute approximate surface area is 124 Å². The summed E-state index contributed by atoms with van der Waals surface area (Å²) in [6, 6.07) is 13.7. The van der Waals surface area contributed by atoms with E-state index in [0.29, 0.717) is 11.3 Å². The molecule has 2 aromatic carbocycles. The van der Waals surface area contributed by atoms with Crippen LogP contribution < -0.4 is 11.1 Å². The Balaban J connectivity index is 2.11. The topological polar surface area (TPSA) is 55.1 Å². The third kappa shape index (κ3) is 3.47. The molecule has 0 aliphatic rings. The SMILES string of the molecule is Cc1c(F)cccc1NC(=O)C(C)C(N)c1ccccc1. The molecule has 2 unspecified atom stereocenters. The van der Waals surface area contributed by atoms with Crippen LogP contribution >= 0.6 is 0 Å². The lowest BCUT2D eigenvalue weighted by molar-refractivity contribution is -0.120. The number of rotatable bonds is 4. The number of nitrogens with two attached hydrogens (primary N) is 1. The lowest BCUT2D eigenvalue weighted by Crippen LogP contribution is -2.30. The molecule has 4 heteroatoms. The van der Waals surface area contributed by atoms with Gasteiger partial charge >= 0.3 is 0 Å². The number of anilines is 1. The molecule has 0 saturated heterocycles. The largest absolute Gasteiger partial charge is 0.325 e. The van der Waals surface area contributed by atoms with Gasteiger partial charge in [-0.25, -0.2) is 4.39 Å². The molecule has 3 N–H and O–H groups in total. The molecule has 3 nitrogen and oxygen atoms in total. The molecule has 0 aliphatic heterocycles. The first kappa shape index (κ1) is 15.2. The highest BCUT2D eigenvalue weighted by atomic mass is 19.1. The second-order valence-electron chi connectivity index (χ2n) is 5.13. The minimum Gasteiger partial charge on any atom is -0.325 e. The van der Waals surface area contributed by atoms with Crippen LogP contribution in [-0.4, -0.2) is 5.91 Å². The van der Waals surface area contributed by atoms with Gasteiger partial charge in [-0.1, -0.05) is 43.3 Å². The summed E-state index contributed by atoms with van der Waals surface area (Å²) in [5.41, 5.74) is 7.93. The lowest BCUT2D eigenvalue weighted by Gasteiger charge is -2.20. The third-order valence-corrected chi connectivity index (χ3v) is 3.66. The molecule has 0 bridgehead atoms. The van der Waals surface area contributed by atoms with Crippen LogP contribution in [0.3, 0.4) is 0 Å². The maximum absolute atomic E-state index is 13.5. The summed E-state index contributed by atoms with van der Waals surface area (Å²) in [6.07, 6.45) is 0. The van der Waals surface area contributed by atoms with Crippen LogP contribution in [0.5, 0.6) is 0 Å². The summed E-state index contributed by atoms with van der Waals surface area (Å²) in [4.78, 5) is 12.3. The molecular formula is C17H19FN2O. The number of hydrogen-bond donors (Lipinski definition) is 2. The Morgan fingerprint density at radius 2 is 1.81 bits per heavy atom. The van der Waals surface area contributed by atoms with Crippen molar-refractivity contribution in [1.29, 1.82) is 0 Å². The Kier molecular flexibility index (Phi) is 4.70. The average molecular weight is 286 g/mol. The van der Waals surface area contributed by atoms with E-state index in [1.807, 2.05) is 30.3 Å². The van der Waals surface area contributed by atoms with Gasteiger partial charge in [0.05, 0.1) is 5.92 Å². The standard InChI is InChI=1S/C17H19FN2O/c1-11-14(18)9-6-10-15(11)20-17(21)12(2)16(19)13-7-4-3-5-8-13/h3-10,12,16H,19H2,1-2H3,(H,20,21). The van der Waals surface area contributed by atoms with Gasteiger partial charge in [0.1, 0.15) is 5.82 Å². The second-order valence-corrected chi connectivity index (χ2v) is 5.13. The van der Waals surface area contributed by atoms with Crippen molar-refractivity contribution >= 4 is 11.6 Å². The predicted octanol–water partition coefficient (Wildman–Crippen LogP) is 3.41. The van der Waals surface area contributed by atoms with E-state index < -0.39 is 12.0 Å². The minimum absolute atomic E-state index is 0.222. The molecule has 0 radical (unpaired) electrons. The van der Waals surface area contributed by atoms with Crippen molar-refractivity contribution in [2.45, 2.75) is 19.9 Å².